The molecule has 4 atom stereocenters. The van der Waals surface area contributed by atoms with E-state index in [1.54, 1.807) is 6.92 Å². The molecule has 0 spiro atoms. The van der Waals surface area contributed by atoms with E-state index in [1.807, 2.05) is 6.07 Å². The van der Waals surface area contributed by atoms with Crippen molar-refractivity contribution in [3.05, 3.63) is 11.6 Å². The summed E-state index contributed by atoms with van der Waals surface area (Å²) in [5.74, 6) is 0.401. The number of hydrogen-bond donors (Lipinski definition) is 5. The molecule has 118 valence electrons. The lowest BCUT2D eigenvalue weighted by molar-refractivity contribution is -0.112. The molecule has 0 aliphatic carbocycles. The Morgan fingerprint density at radius 1 is 1.24 bits per heavy atom. The zero-order valence-electron chi connectivity index (χ0n) is 11.7. The fourth-order valence-corrected chi connectivity index (χ4v) is 1.78. The van der Waals surface area contributed by atoms with Crippen LogP contribution in [0.25, 0.3) is 0 Å². The summed E-state index contributed by atoms with van der Waals surface area (Å²) >= 11 is 0. The molecule has 0 saturated heterocycles. The second-order valence-corrected chi connectivity index (χ2v) is 4.68. The first-order valence-corrected chi connectivity index (χ1v) is 6.23. The van der Waals surface area contributed by atoms with Crippen LogP contribution in [0.1, 0.15) is 11.6 Å². The van der Waals surface area contributed by atoms with E-state index in [-0.39, 0.29) is 24.0 Å². The summed E-state index contributed by atoms with van der Waals surface area (Å²) in [6, 6.07) is 1.84. The van der Waals surface area contributed by atoms with Gasteiger partial charge >= 0.3 is 0 Å². The fraction of sp³-hybridized carbons (Fsp3) is 0.667. The minimum absolute atomic E-state index is 0.0348. The maximum Gasteiger partial charge on any atom is 0.234 e. The number of likely N-dealkylation sites (N-methyl/N-ethyl adjacent to an activating group) is 1. The number of aryl methyl sites for hydroxylation is 1. The predicted octanol–water partition coefficient (Wildman–Crippen LogP) is -2.27. The highest BCUT2D eigenvalue weighted by Gasteiger charge is 2.31. The highest BCUT2D eigenvalue weighted by atomic mass is 16.4. The molecule has 0 aliphatic heterocycles. The lowest BCUT2D eigenvalue weighted by Crippen LogP contribution is -2.49. The predicted molar refractivity (Wildman–Crippen MR) is 70.3 cm³/mol. The first-order chi connectivity index (χ1) is 9.81. The van der Waals surface area contributed by atoms with Gasteiger partial charge in [0.15, 0.2) is 5.89 Å². The fourth-order valence-electron chi connectivity index (χ4n) is 1.78. The Morgan fingerprint density at radius 3 is 2.33 bits per heavy atom. The second-order valence-electron chi connectivity index (χ2n) is 4.68. The highest BCUT2D eigenvalue weighted by molar-refractivity contribution is 5.47. The van der Waals surface area contributed by atoms with Gasteiger partial charge in [-0.2, -0.15) is 5.26 Å². The third-order valence-electron chi connectivity index (χ3n) is 2.96. The first-order valence-electron chi connectivity index (χ1n) is 6.23. The number of aliphatic hydroxyl groups excluding tert-OH is 5. The van der Waals surface area contributed by atoms with Gasteiger partial charge in [-0.3, -0.25) is 0 Å². The van der Waals surface area contributed by atoms with Crippen molar-refractivity contribution in [2.45, 2.75) is 31.3 Å². The Morgan fingerprint density at radius 2 is 1.81 bits per heavy atom. The third kappa shape index (κ3) is 4.13. The molecular weight excluding hydrogens is 282 g/mol. The van der Waals surface area contributed by atoms with Crippen LogP contribution in [-0.2, 0) is 0 Å². The van der Waals surface area contributed by atoms with Gasteiger partial charge in [0.1, 0.15) is 30.5 Å². The molecule has 0 aromatic carbocycles. The number of nitriles is 1. The molecule has 0 fully saturated rings. The molecule has 21 heavy (non-hydrogen) atoms. The van der Waals surface area contributed by atoms with Crippen molar-refractivity contribution in [3.8, 4) is 6.07 Å². The van der Waals surface area contributed by atoms with E-state index < -0.39 is 31.0 Å². The van der Waals surface area contributed by atoms with Crippen molar-refractivity contribution in [3.63, 3.8) is 0 Å². The molecule has 1 aromatic rings. The minimum Gasteiger partial charge on any atom is -0.424 e. The van der Waals surface area contributed by atoms with Crippen LogP contribution in [0.3, 0.4) is 0 Å². The van der Waals surface area contributed by atoms with Crippen molar-refractivity contribution in [1.82, 2.24) is 4.98 Å². The van der Waals surface area contributed by atoms with E-state index in [0.717, 1.165) is 0 Å². The summed E-state index contributed by atoms with van der Waals surface area (Å²) in [7, 11) is 1.51. The quantitative estimate of drug-likeness (QED) is 0.375. The van der Waals surface area contributed by atoms with Crippen LogP contribution in [0.2, 0.25) is 0 Å². The van der Waals surface area contributed by atoms with E-state index in [1.165, 1.54) is 11.9 Å². The van der Waals surface area contributed by atoms with Gasteiger partial charge in [0.2, 0.25) is 11.6 Å². The number of aliphatic hydroxyl groups is 5. The minimum atomic E-state index is -1.70. The molecule has 5 N–H and O–H groups in total. The lowest BCUT2D eigenvalue weighted by atomic mass is 10.0. The molecular formula is C12H19N3O6. The van der Waals surface area contributed by atoms with Gasteiger partial charge in [-0.15, -0.1) is 0 Å². The van der Waals surface area contributed by atoms with Crippen molar-refractivity contribution in [1.29, 1.82) is 5.26 Å². The Hall–Kier alpha value is -1.70. The van der Waals surface area contributed by atoms with Crippen LogP contribution in [0.5, 0.6) is 0 Å². The van der Waals surface area contributed by atoms with Gasteiger partial charge in [-0.25, -0.2) is 4.98 Å². The van der Waals surface area contributed by atoms with E-state index in [4.69, 9.17) is 14.8 Å². The molecule has 0 bridgehead atoms. The molecule has 0 aliphatic rings. The van der Waals surface area contributed by atoms with E-state index in [2.05, 4.69) is 4.98 Å². The summed E-state index contributed by atoms with van der Waals surface area (Å²) in [6.45, 7) is 0.630. The van der Waals surface area contributed by atoms with Crippen molar-refractivity contribution < 1.29 is 29.9 Å². The molecule has 0 saturated carbocycles. The van der Waals surface area contributed by atoms with Gasteiger partial charge in [0.25, 0.3) is 0 Å². The molecule has 0 radical (unpaired) electrons. The van der Waals surface area contributed by atoms with Crippen LogP contribution >= 0.6 is 0 Å². The van der Waals surface area contributed by atoms with Gasteiger partial charge in [0, 0.05) is 20.5 Å². The molecule has 1 aromatic heterocycles. The molecule has 0 amide bonds. The number of anilines is 1. The Kier molecular flexibility index (Phi) is 6.07. The van der Waals surface area contributed by atoms with Crippen LogP contribution in [0, 0.1) is 18.3 Å². The molecule has 1 heterocycles. The van der Waals surface area contributed by atoms with Gasteiger partial charge in [0.05, 0.1) is 6.61 Å². The summed E-state index contributed by atoms with van der Waals surface area (Å²) in [5.41, 5.74) is 0.0348. The molecule has 9 nitrogen and oxygen atoms in total. The third-order valence-corrected chi connectivity index (χ3v) is 2.96. The number of hydrogen-bond acceptors (Lipinski definition) is 9. The topological polar surface area (TPSA) is 154 Å². The first kappa shape index (κ1) is 17.4. The maximum absolute atomic E-state index is 9.85. The van der Waals surface area contributed by atoms with Crippen LogP contribution in [-0.4, -0.2) is 75.1 Å². The van der Waals surface area contributed by atoms with Gasteiger partial charge < -0.3 is 34.8 Å². The highest BCUT2D eigenvalue weighted by Crippen LogP contribution is 2.20. The SMILES string of the molecule is Cc1nc(C#N)c(N(C)C[C@H](O)[C@H](O)[C@H](O)[C@H](O)CO)o1. The Labute approximate surface area is 121 Å². The van der Waals surface area contributed by atoms with Crippen LogP contribution in [0.4, 0.5) is 5.88 Å². The van der Waals surface area contributed by atoms with E-state index in [9.17, 15) is 20.4 Å². The number of oxazole rings is 1. The monoisotopic (exact) mass is 301 g/mol. The van der Waals surface area contributed by atoms with Crippen molar-refractivity contribution in [2.24, 2.45) is 0 Å². The number of nitrogens with zero attached hydrogens (tertiary/aromatic N) is 3. The van der Waals surface area contributed by atoms with E-state index >= 15 is 0 Å². The lowest BCUT2D eigenvalue weighted by Gasteiger charge is -2.28. The average Bonchev–Trinajstić information content (AvgIpc) is 2.85. The van der Waals surface area contributed by atoms with Gasteiger partial charge in [-0.05, 0) is 0 Å². The number of rotatable bonds is 7. The van der Waals surface area contributed by atoms with Crippen molar-refractivity contribution >= 4 is 5.88 Å². The zero-order chi connectivity index (χ0) is 16.2. The summed E-state index contributed by atoms with van der Waals surface area (Å²) in [6.07, 6.45) is -6.39. The summed E-state index contributed by atoms with van der Waals surface area (Å²) < 4.78 is 5.22. The Bertz CT molecular complexity index is 500. The smallest absolute Gasteiger partial charge is 0.234 e. The standard InChI is InChI=1S/C12H19N3O6/c1-6-14-7(3-13)12(21-6)15(2)4-8(17)10(19)11(20)9(18)5-16/h8-11,16-20H,4-5H2,1-2H3/t8-,9+,10-,11+/m0/s1. The molecule has 1 rings (SSSR count). The largest absolute Gasteiger partial charge is 0.424 e. The van der Waals surface area contributed by atoms with Crippen LogP contribution in [0.15, 0.2) is 4.42 Å². The average molecular weight is 301 g/mol. The van der Waals surface area contributed by atoms with Crippen molar-refractivity contribution in [2.75, 3.05) is 25.1 Å². The van der Waals surface area contributed by atoms with E-state index in [0.29, 0.717) is 0 Å². The van der Waals surface area contributed by atoms with Crippen LogP contribution < -0.4 is 4.90 Å². The normalized spacial score (nSPS) is 16.9. The molecule has 0 unspecified atom stereocenters. The molecule has 9 heteroatoms. The Balaban J connectivity index is 2.73. The summed E-state index contributed by atoms with van der Waals surface area (Å²) in [4.78, 5) is 5.19. The number of aromatic nitrogens is 1. The maximum atomic E-state index is 9.85. The van der Waals surface area contributed by atoms with Gasteiger partial charge in [-0.1, -0.05) is 0 Å². The second kappa shape index (κ2) is 7.35. The summed E-state index contributed by atoms with van der Waals surface area (Å²) in [5, 5.41) is 55.9. The zero-order valence-corrected chi connectivity index (χ0v) is 11.7.